The van der Waals surface area contributed by atoms with Crippen molar-refractivity contribution in [3.05, 3.63) is 104 Å². The van der Waals surface area contributed by atoms with Crippen LogP contribution < -0.4 is 11.3 Å². The summed E-state index contributed by atoms with van der Waals surface area (Å²) < 4.78 is 27.3. The maximum absolute atomic E-state index is 14.8. The van der Waals surface area contributed by atoms with Crippen LogP contribution >= 0.6 is 0 Å². The van der Waals surface area contributed by atoms with Crippen LogP contribution in [0.4, 0.5) is 4.39 Å². The van der Waals surface area contributed by atoms with E-state index in [9.17, 15) is 14.0 Å². The van der Waals surface area contributed by atoms with Gasteiger partial charge in [-0.25, -0.2) is 4.39 Å². The number of hydrogen-bond donors (Lipinski definition) is 1. The Morgan fingerprint density at radius 2 is 1.62 bits per heavy atom. The Hall–Kier alpha value is -3.19. The molecular weight excluding hydrogens is 731 g/mol. The number of aromatic nitrogens is 1. The molecular formula is C47H70FFeN2O4-. The van der Waals surface area contributed by atoms with E-state index in [1.54, 1.807) is 13.3 Å². The third kappa shape index (κ3) is 16.1. The fourth-order valence-electron chi connectivity index (χ4n) is 6.85. The van der Waals surface area contributed by atoms with Crippen molar-refractivity contribution in [2.45, 2.75) is 152 Å². The molecule has 1 fully saturated rings. The number of carbonyl (C=O) groups excluding carboxylic acids is 1. The van der Waals surface area contributed by atoms with Crippen LogP contribution in [-0.4, -0.2) is 30.3 Å². The molecule has 1 aliphatic rings. The summed E-state index contributed by atoms with van der Waals surface area (Å²) in [4.78, 5) is 23.3. The second-order valence-electron chi connectivity index (χ2n) is 15.3. The minimum atomic E-state index is -0.567. The topological polar surface area (TPSA) is 83.5 Å². The molecule has 1 saturated carbocycles. The van der Waals surface area contributed by atoms with Crippen LogP contribution in [0.15, 0.2) is 58.7 Å². The second-order valence-corrected chi connectivity index (χ2v) is 15.3. The van der Waals surface area contributed by atoms with Gasteiger partial charge in [-0.15, -0.1) is 11.6 Å². The van der Waals surface area contributed by atoms with Crippen molar-refractivity contribution >= 4 is 5.91 Å². The van der Waals surface area contributed by atoms with E-state index in [1.165, 1.54) is 52.2 Å². The van der Waals surface area contributed by atoms with Gasteiger partial charge in [-0.3, -0.25) is 4.79 Å². The summed E-state index contributed by atoms with van der Waals surface area (Å²) in [5.74, 6) is 1.67. The maximum atomic E-state index is 14.8. The molecule has 0 radical (unpaired) electrons. The van der Waals surface area contributed by atoms with Crippen LogP contribution in [0.2, 0.25) is 0 Å². The smallest absolute Gasteiger partial charge is 0.238 e. The van der Waals surface area contributed by atoms with Gasteiger partial charge in [0.05, 0.1) is 24.5 Å². The first-order chi connectivity index (χ1) is 25.7. The van der Waals surface area contributed by atoms with Gasteiger partial charge in [-0.1, -0.05) is 78.8 Å². The van der Waals surface area contributed by atoms with Crippen LogP contribution in [-0.2, 0) is 44.2 Å². The maximum Gasteiger partial charge on any atom is 0.238 e. The largest absolute Gasteiger partial charge is 0.498 e. The van der Waals surface area contributed by atoms with Crippen molar-refractivity contribution < 1.29 is 35.7 Å². The molecule has 3 atom stereocenters. The molecule has 6 nitrogen and oxygen atoms in total. The second kappa shape index (κ2) is 25.9. The summed E-state index contributed by atoms with van der Waals surface area (Å²) in [5, 5.41) is 0. The molecule has 0 aliphatic heterocycles. The number of ether oxygens (including phenoxy) is 2. The fraction of sp³-hybridized carbons (Fsp3) is 0.574. The van der Waals surface area contributed by atoms with Gasteiger partial charge in [-0.05, 0) is 142 Å². The van der Waals surface area contributed by atoms with E-state index in [2.05, 4.69) is 65.8 Å². The van der Waals surface area contributed by atoms with E-state index < -0.39 is 11.9 Å². The van der Waals surface area contributed by atoms with Gasteiger partial charge in [0, 0.05) is 30.6 Å². The van der Waals surface area contributed by atoms with Crippen molar-refractivity contribution in [1.29, 1.82) is 0 Å². The van der Waals surface area contributed by atoms with Crippen molar-refractivity contribution in [2.75, 3.05) is 13.7 Å². The summed E-state index contributed by atoms with van der Waals surface area (Å²) in [6.45, 7) is 21.6. The molecule has 308 valence electrons. The zero-order valence-corrected chi connectivity index (χ0v) is 36.8. The van der Waals surface area contributed by atoms with Gasteiger partial charge in [0.1, 0.15) is 11.4 Å². The van der Waals surface area contributed by atoms with Gasteiger partial charge >= 0.3 is 0 Å². The summed E-state index contributed by atoms with van der Waals surface area (Å²) in [6.07, 6.45) is 13.2. The Labute approximate surface area is 343 Å². The van der Waals surface area contributed by atoms with Crippen LogP contribution in [0.5, 0.6) is 0 Å². The molecule has 3 unspecified atom stereocenters. The van der Waals surface area contributed by atoms with Crippen LogP contribution in [0.1, 0.15) is 140 Å². The van der Waals surface area contributed by atoms with Gasteiger partial charge in [0.25, 0.3) is 0 Å². The standard InChI is InChI=1S/C24H29FO.C14H21N2O2.C9H20O.Fe/c1-5-26-22(19-10-7-11-19)13-12-20-15-21(14-18(4)24(20)25)23-16(2)8-6-9-17(23)3;1-4-5-11-6-7-13(17)16(9-11)12(14(15)18)8-10(2)3;1-5-8(3)7-9(6-2)10-4;/h6,8-9,14-15H,5,7,10-13H2,1-4H3;7,9-10,12H,4-5,8H2,1-3H3,(H2,15,18);8-9H,5-7H2,1-4H3;/q;-1;;. The first kappa shape index (κ1) is 49.8. The average Bonchev–Trinajstić information content (AvgIpc) is 3.10. The van der Waals surface area contributed by atoms with Gasteiger partial charge in [0.15, 0.2) is 0 Å². The molecule has 1 amide bonds. The predicted octanol–water partition coefficient (Wildman–Crippen LogP) is 11.3. The SMILES string of the molecule is CCC(C)CC(CC)OC.CCCc1[c-]cc(=O)n(C(CC(C)C)C(N)=O)c1.CCOC(CCc1cc(-c2c(C)cccc2C)cc(C)c1F)=C1CCC1.[Fe]. The molecule has 2 N–H and O–H groups in total. The van der Waals surface area contributed by atoms with Crippen molar-refractivity contribution in [3.8, 4) is 11.1 Å². The Morgan fingerprint density at radius 1 is 0.964 bits per heavy atom. The number of methoxy groups -OCH3 is 1. The molecule has 1 aliphatic carbocycles. The number of primary amides is 1. The molecule has 3 aromatic rings. The minimum Gasteiger partial charge on any atom is -0.498 e. The van der Waals surface area contributed by atoms with Crippen LogP contribution in [0, 0.1) is 44.5 Å². The quantitative estimate of drug-likeness (QED) is 0.0837. The molecule has 0 spiro atoms. The Bertz CT molecular complexity index is 1670. The van der Waals surface area contributed by atoms with Crippen LogP contribution in [0.3, 0.4) is 0 Å². The predicted molar refractivity (Wildman–Crippen MR) is 223 cm³/mol. The van der Waals surface area contributed by atoms with E-state index in [-0.39, 0.29) is 28.4 Å². The van der Waals surface area contributed by atoms with Gasteiger partial charge in [0.2, 0.25) is 5.91 Å². The van der Waals surface area contributed by atoms with Crippen molar-refractivity contribution in [3.63, 3.8) is 0 Å². The van der Waals surface area contributed by atoms with Crippen molar-refractivity contribution in [1.82, 2.24) is 4.57 Å². The minimum absolute atomic E-state index is 0. The first-order valence-corrected chi connectivity index (χ1v) is 20.3. The van der Waals surface area contributed by atoms with E-state index >= 15 is 0 Å². The number of nitrogens with zero attached hydrogens (tertiary/aromatic N) is 1. The number of hydrogen-bond acceptors (Lipinski definition) is 4. The Morgan fingerprint density at radius 3 is 2.11 bits per heavy atom. The van der Waals surface area contributed by atoms with E-state index in [4.69, 9.17) is 15.2 Å². The number of aryl methyl sites for hydroxylation is 5. The van der Waals surface area contributed by atoms with E-state index in [0.29, 0.717) is 31.5 Å². The van der Waals surface area contributed by atoms with Crippen LogP contribution in [0.25, 0.3) is 11.1 Å². The molecule has 1 heterocycles. The number of halogens is 1. The number of pyridine rings is 1. The fourth-order valence-corrected chi connectivity index (χ4v) is 6.85. The van der Waals surface area contributed by atoms with Gasteiger partial charge < -0.3 is 24.6 Å². The number of carbonyl (C=O) groups is 1. The number of benzene rings is 2. The zero-order valence-electron chi connectivity index (χ0n) is 35.7. The summed E-state index contributed by atoms with van der Waals surface area (Å²) in [7, 11) is 1.80. The number of rotatable bonds is 17. The third-order valence-corrected chi connectivity index (χ3v) is 10.4. The molecule has 0 bridgehead atoms. The average molecular weight is 802 g/mol. The summed E-state index contributed by atoms with van der Waals surface area (Å²) >= 11 is 0. The number of allylic oxidation sites excluding steroid dienone is 2. The monoisotopic (exact) mass is 801 g/mol. The molecule has 4 rings (SSSR count). The molecule has 0 saturated heterocycles. The van der Waals surface area contributed by atoms with E-state index in [0.717, 1.165) is 72.5 Å². The molecule has 2 aromatic carbocycles. The van der Waals surface area contributed by atoms with Crippen molar-refractivity contribution in [2.24, 2.45) is 17.6 Å². The Kier molecular flexibility index (Phi) is 23.4. The first-order valence-electron chi connectivity index (χ1n) is 20.3. The number of nitrogens with two attached hydrogens (primary N) is 1. The normalized spacial score (nSPS) is 13.6. The zero-order chi connectivity index (χ0) is 40.4. The molecule has 8 heteroatoms. The summed E-state index contributed by atoms with van der Waals surface area (Å²) in [5.41, 5.74) is 13.8. The molecule has 1 aromatic heterocycles. The number of amides is 1. The molecule has 55 heavy (non-hydrogen) atoms. The third-order valence-electron chi connectivity index (χ3n) is 10.4. The summed E-state index contributed by atoms with van der Waals surface area (Å²) in [6, 6.07) is 14.1. The van der Waals surface area contributed by atoms with Gasteiger partial charge in [-0.2, -0.15) is 6.07 Å². The van der Waals surface area contributed by atoms with E-state index in [1.807, 2.05) is 39.8 Å². The Balaban J connectivity index is 0.000000454.